The predicted octanol–water partition coefficient (Wildman–Crippen LogP) is -0.0759. The normalized spacial score (nSPS) is 19.1. The van der Waals surface area contributed by atoms with Gasteiger partial charge in [-0.25, -0.2) is 16.0 Å². The molecule has 2 N–H and O–H groups in total. The summed E-state index contributed by atoms with van der Waals surface area (Å²) in [5.41, 5.74) is 0.981. The van der Waals surface area contributed by atoms with Crippen LogP contribution < -0.4 is 11.0 Å². The topological polar surface area (TPSA) is 48.6 Å². The highest BCUT2D eigenvalue weighted by Crippen LogP contribution is 2.12. The van der Waals surface area contributed by atoms with E-state index in [2.05, 4.69) is 21.9 Å². The molecule has 0 unspecified atom stereocenters. The summed E-state index contributed by atoms with van der Waals surface area (Å²) in [5, 5.41) is 3.87. The average molecular weight is 207 g/mol. The van der Waals surface area contributed by atoms with Gasteiger partial charge in [0, 0.05) is 38.6 Å². The number of likely N-dealkylation sites (N-methyl/N-ethyl adjacent to an activating group) is 1. The number of aromatic nitrogens is 1. The standard InChI is InChI=1S/C10H17N5/c1-13-6-8-14(9-7-13)15(11)10-2-4-12-5-3-10/h2-5H,6-9,11H2,1H3. The Morgan fingerprint density at radius 2 is 1.80 bits per heavy atom. The third-order valence-corrected chi connectivity index (χ3v) is 2.71. The first-order valence-corrected chi connectivity index (χ1v) is 5.15. The van der Waals surface area contributed by atoms with Crippen molar-refractivity contribution < 1.29 is 0 Å². The van der Waals surface area contributed by atoms with E-state index in [9.17, 15) is 0 Å². The molecule has 15 heavy (non-hydrogen) atoms. The SMILES string of the molecule is CN1CCN(N(N)c2ccncc2)CC1. The number of anilines is 1. The highest BCUT2D eigenvalue weighted by Gasteiger charge is 2.18. The predicted molar refractivity (Wildman–Crippen MR) is 60.0 cm³/mol. The molecule has 1 fully saturated rings. The van der Waals surface area contributed by atoms with Crippen LogP contribution in [0.25, 0.3) is 0 Å². The molecule has 82 valence electrons. The van der Waals surface area contributed by atoms with Crippen molar-refractivity contribution in [3.05, 3.63) is 24.5 Å². The molecular weight excluding hydrogens is 190 g/mol. The van der Waals surface area contributed by atoms with Crippen LogP contribution in [-0.4, -0.2) is 48.1 Å². The summed E-state index contributed by atoms with van der Waals surface area (Å²) in [6.07, 6.45) is 3.51. The van der Waals surface area contributed by atoms with Crippen LogP contribution in [0.5, 0.6) is 0 Å². The molecule has 0 saturated carbocycles. The molecule has 0 bridgehead atoms. The second-order valence-corrected chi connectivity index (χ2v) is 3.81. The van der Waals surface area contributed by atoms with Crippen molar-refractivity contribution in [2.75, 3.05) is 38.3 Å². The van der Waals surface area contributed by atoms with Crippen LogP contribution in [-0.2, 0) is 0 Å². The Hall–Kier alpha value is -1.17. The van der Waals surface area contributed by atoms with E-state index >= 15 is 0 Å². The van der Waals surface area contributed by atoms with Crippen LogP contribution in [0.2, 0.25) is 0 Å². The summed E-state index contributed by atoms with van der Waals surface area (Å²) in [6, 6.07) is 3.83. The number of hydrogen-bond donors (Lipinski definition) is 1. The van der Waals surface area contributed by atoms with Gasteiger partial charge in [-0.2, -0.15) is 0 Å². The number of hydrogen-bond acceptors (Lipinski definition) is 5. The monoisotopic (exact) mass is 207 g/mol. The van der Waals surface area contributed by atoms with Gasteiger partial charge in [0.05, 0.1) is 5.69 Å². The van der Waals surface area contributed by atoms with Gasteiger partial charge in [0.2, 0.25) is 0 Å². The number of pyridine rings is 1. The van der Waals surface area contributed by atoms with E-state index in [4.69, 9.17) is 5.84 Å². The smallest absolute Gasteiger partial charge is 0.0732 e. The molecule has 1 aromatic rings. The highest BCUT2D eigenvalue weighted by atomic mass is 15.8. The van der Waals surface area contributed by atoms with E-state index in [-0.39, 0.29) is 0 Å². The highest BCUT2D eigenvalue weighted by molar-refractivity contribution is 5.41. The quantitative estimate of drug-likeness (QED) is 0.543. The summed E-state index contributed by atoms with van der Waals surface area (Å²) >= 11 is 0. The first-order valence-electron chi connectivity index (χ1n) is 5.15. The molecule has 0 radical (unpaired) electrons. The van der Waals surface area contributed by atoms with E-state index < -0.39 is 0 Å². The fourth-order valence-corrected chi connectivity index (χ4v) is 1.67. The lowest BCUT2D eigenvalue weighted by molar-refractivity contribution is 0.141. The minimum Gasteiger partial charge on any atom is -0.304 e. The van der Waals surface area contributed by atoms with E-state index in [1.54, 1.807) is 17.5 Å². The molecule has 0 amide bonds. The molecular formula is C10H17N5. The van der Waals surface area contributed by atoms with E-state index in [0.717, 1.165) is 31.9 Å². The van der Waals surface area contributed by atoms with Crippen molar-refractivity contribution in [3.63, 3.8) is 0 Å². The van der Waals surface area contributed by atoms with Crippen LogP contribution in [0.3, 0.4) is 0 Å². The van der Waals surface area contributed by atoms with Crippen molar-refractivity contribution in [1.82, 2.24) is 14.9 Å². The van der Waals surface area contributed by atoms with Gasteiger partial charge in [-0.1, -0.05) is 0 Å². The summed E-state index contributed by atoms with van der Waals surface area (Å²) in [6.45, 7) is 4.04. The first-order chi connectivity index (χ1) is 7.27. The van der Waals surface area contributed by atoms with Gasteiger partial charge in [-0.05, 0) is 19.2 Å². The molecule has 1 saturated heterocycles. The third-order valence-electron chi connectivity index (χ3n) is 2.71. The molecule has 1 aliphatic rings. The fraction of sp³-hybridized carbons (Fsp3) is 0.500. The molecule has 1 aliphatic heterocycles. The Labute approximate surface area is 90.0 Å². The summed E-state index contributed by atoms with van der Waals surface area (Å²) in [5.74, 6) is 6.03. The zero-order valence-corrected chi connectivity index (χ0v) is 9.00. The maximum absolute atomic E-state index is 6.03. The zero-order chi connectivity index (χ0) is 10.7. The van der Waals surface area contributed by atoms with Crippen LogP contribution >= 0.6 is 0 Å². The Morgan fingerprint density at radius 1 is 1.20 bits per heavy atom. The number of nitrogens with two attached hydrogens (primary N) is 1. The Balaban J connectivity index is 1.99. The summed E-state index contributed by atoms with van der Waals surface area (Å²) in [7, 11) is 2.13. The minimum absolute atomic E-state index is 0.968. The average Bonchev–Trinajstić information content (AvgIpc) is 2.30. The van der Waals surface area contributed by atoms with Crippen molar-refractivity contribution >= 4 is 5.69 Å². The lowest BCUT2D eigenvalue weighted by Gasteiger charge is -2.38. The third kappa shape index (κ3) is 2.44. The summed E-state index contributed by atoms with van der Waals surface area (Å²) < 4.78 is 0. The Morgan fingerprint density at radius 3 is 2.40 bits per heavy atom. The first kappa shape index (κ1) is 10.4. The van der Waals surface area contributed by atoms with Gasteiger partial charge in [-0.3, -0.25) is 4.98 Å². The maximum atomic E-state index is 6.03. The van der Waals surface area contributed by atoms with Crippen LogP contribution in [0.4, 0.5) is 5.69 Å². The van der Waals surface area contributed by atoms with E-state index in [0.29, 0.717) is 0 Å². The fourth-order valence-electron chi connectivity index (χ4n) is 1.67. The van der Waals surface area contributed by atoms with Crippen molar-refractivity contribution in [3.8, 4) is 0 Å². The largest absolute Gasteiger partial charge is 0.304 e. The van der Waals surface area contributed by atoms with Gasteiger partial charge < -0.3 is 4.90 Å². The van der Waals surface area contributed by atoms with E-state index in [1.165, 1.54) is 0 Å². The second-order valence-electron chi connectivity index (χ2n) is 3.81. The molecule has 0 atom stereocenters. The molecule has 5 heteroatoms. The Bertz CT molecular complexity index is 294. The van der Waals surface area contributed by atoms with Crippen LogP contribution in [0, 0.1) is 0 Å². The van der Waals surface area contributed by atoms with Gasteiger partial charge in [0.15, 0.2) is 0 Å². The lowest BCUT2D eigenvalue weighted by atomic mass is 10.3. The number of nitrogens with zero attached hydrogens (tertiary/aromatic N) is 4. The second kappa shape index (κ2) is 4.57. The van der Waals surface area contributed by atoms with Crippen molar-refractivity contribution in [2.24, 2.45) is 5.84 Å². The minimum atomic E-state index is 0.968. The van der Waals surface area contributed by atoms with Gasteiger partial charge in [0.1, 0.15) is 0 Å². The number of hydrazine groups is 2. The van der Waals surface area contributed by atoms with Crippen molar-refractivity contribution in [2.45, 2.75) is 0 Å². The van der Waals surface area contributed by atoms with Gasteiger partial charge >= 0.3 is 0 Å². The molecule has 0 aromatic carbocycles. The molecule has 0 aliphatic carbocycles. The maximum Gasteiger partial charge on any atom is 0.0732 e. The van der Waals surface area contributed by atoms with E-state index in [1.807, 2.05) is 12.1 Å². The molecule has 2 heterocycles. The lowest BCUT2D eigenvalue weighted by Crippen LogP contribution is -2.55. The molecule has 1 aromatic heterocycles. The summed E-state index contributed by atoms with van der Waals surface area (Å²) in [4.78, 5) is 6.28. The Kier molecular flexibility index (Phi) is 3.15. The van der Waals surface area contributed by atoms with Gasteiger partial charge in [0.25, 0.3) is 0 Å². The zero-order valence-electron chi connectivity index (χ0n) is 9.00. The number of rotatable bonds is 2. The van der Waals surface area contributed by atoms with Crippen LogP contribution in [0.1, 0.15) is 0 Å². The van der Waals surface area contributed by atoms with Crippen LogP contribution in [0.15, 0.2) is 24.5 Å². The van der Waals surface area contributed by atoms with Gasteiger partial charge in [-0.15, -0.1) is 0 Å². The molecule has 0 spiro atoms. The molecule has 2 rings (SSSR count). The van der Waals surface area contributed by atoms with Crippen molar-refractivity contribution in [1.29, 1.82) is 0 Å². The molecule has 5 nitrogen and oxygen atoms in total. The number of piperazine rings is 1.